The van der Waals surface area contributed by atoms with Crippen molar-refractivity contribution in [2.24, 2.45) is 0 Å². The molecule has 21 heavy (non-hydrogen) atoms. The van der Waals surface area contributed by atoms with Gasteiger partial charge in [-0.05, 0) is 13.3 Å². The van der Waals surface area contributed by atoms with E-state index in [-0.39, 0.29) is 12.5 Å². The first kappa shape index (κ1) is 17.2. The molecule has 0 bridgehead atoms. The molecule has 7 heteroatoms. The summed E-state index contributed by atoms with van der Waals surface area (Å²) in [5, 5.41) is 6.02. The number of methoxy groups -OCH3 is 1. The fourth-order valence-electron chi connectivity index (χ4n) is 2.02. The maximum Gasteiger partial charge on any atom is 0.239 e. The van der Waals surface area contributed by atoms with Crippen molar-refractivity contribution in [3.05, 3.63) is 11.9 Å². The molecule has 0 atom stereocenters. The number of amides is 1. The van der Waals surface area contributed by atoms with Gasteiger partial charge in [0.1, 0.15) is 18.0 Å². The van der Waals surface area contributed by atoms with Gasteiger partial charge in [-0.3, -0.25) is 4.79 Å². The number of hydrogen-bond acceptors (Lipinski definition) is 6. The Morgan fingerprint density at radius 3 is 2.76 bits per heavy atom. The van der Waals surface area contributed by atoms with Gasteiger partial charge in [-0.1, -0.05) is 6.92 Å². The second-order valence-corrected chi connectivity index (χ2v) is 4.61. The van der Waals surface area contributed by atoms with E-state index in [1.807, 2.05) is 18.9 Å². The molecule has 0 fully saturated rings. The van der Waals surface area contributed by atoms with Gasteiger partial charge in [0.15, 0.2) is 0 Å². The topological polar surface area (TPSA) is 79.4 Å². The summed E-state index contributed by atoms with van der Waals surface area (Å²) in [6.07, 6.45) is 2.32. The number of hydrogen-bond donors (Lipinski definition) is 2. The van der Waals surface area contributed by atoms with Gasteiger partial charge in [-0.2, -0.15) is 0 Å². The standard InChI is InChI=1S/C14H25N5O2/c1-5-11-13(15-6-2)17-10-18-14(11)19(3)9-12(20)16-7-8-21-4/h10H,5-9H2,1-4H3,(H,16,20)(H,15,17,18). The zero-order valence-corrected chi connectivity index (χ0v) is 13.3. The zero-order chi connectivity index (χ0) is 15.7. The van der Waals surface area contributed by atoms with E-state index in [1.165, 1.54) is 6.33 Å². The van der Waals surface area contributed by atoms with Gasteiger partial charge < -0.3 is 20.3 Å². The Hall–Kier alpha value is -1.89. The molecule has 7 nitrogen and oxygen atoms in total. The fraction of sp³-hybridized carbons (Fsp3) is 0.643. The van der Waals surface area contributed by atoms with Gasteiger partial charge in [0.05, 0.1) is 13.2 Å². The Labute approximate surface area is 126 Å². The number of aromatic nitrogens is 2. The van der Waals surface area contributed by atoms with Gasteiger partial charge in [-0.25, -0.2) is 9.97 Å². The highest BCUT2D eigenvalue weighted by Crippen LogP contribution is 2.22. The molecule has 2 N–H and O–H groups in total. The number of rotatable bonds is 9. The molecule has 0 spiro atoms. The van der Waals surface area contributed by atoms with Crippen LogP contribution < -0.4 is 15.5 Å². The summed E-state index contributed by atoms with van der Waals surface area (Å²) in [5.74, 6) is 1.56. The Morgan fingerprint density at radius 1 is 1.38 bits per heavy atom. The molecule has 0 unspecified atom stereocenters. The molecule has 1 aromatic rings. The maximum absolute atomic E-state index is 11.8. The van der Waals surface area contributed by atoms with E-state index in [0.717, 1.165) is 30.2 Å². The van der Waals surface area contributed by atoms with Crippen LogP contribution in [-0.4, -0.2) is 56.3 Å². The summed E-state index contributed by atoms with van der Waals surface area (Å²) in [6, 6.07) is 0. The van der Waals surface area contributed by atoms with Crippen LogP contribution in [-0.2, 0) is 16.0 Å². The van der Waals surface area contributed by atoms with E-state index in [9.17, 15) is 4.79 Å². The first-order chi connectivity index (χ1) is 10.1. The van der Waals surface area contributed by atoms with Crippen LogP contribution in [0.4, 0.5) is 11.6 Å². The van der Waals surface area contributed by atoms with Crippen LogP contribution in [0, 0.1) is 0 Å². The SMILES string of the molecule is CCNc1ncnc(N(C)CC(=O)NCCOC)c1CC. The Bertz CT molecular complexity index is 453. The first-order valence-corrected chi connectivity index (χ1v) is 7.18. The van der Waals surface area contributed by atoms with Crippen molar-refractivity contribution in [3.63, 3.8) is 0 Å². The summed E-state index contributed by atoms with van der Waals surface area (Å²) in [5.41, 5.74) is 1.02. The summed E-state index contributed by atoms with van der Waals surface area (Å²) >= 11 is 0. The van der Waals surface area contributed by atoms with Gasteiger partial charge in [0.2, 0.25) is 5.91 Å². The van der Waals surface area contributed by atoms with Crippen LogP contribution in [0.25, 0.3) is 0 Å². The lowest BCUT2D eigenvalue weighted by Gasteiger charge is -2.21. The minimum Gasteiger partial charge on any atom is -0.383 e. The van der Waals surface area contributed by atoms with Crippen LogP contribution in [0.15, 0.2) is 6.33 Å². The molecule has 0 radical (unpaired) electrons. The largest absolute Gasteiger partial charge is 0.383 e. The number of likely N-dealkylation sites (N-methyl/N-ethyl adjacent to an activating group) is 1. The maximum atomic E-state index is 11.8. The van der Waals surface area contributed by atoms with Crippen LogP contribution in [0.5, 0.6) is 0 Å². The van der Waals surface area contributed by atoms with Gasteiger partial charge >= 0.3 is 0 Å². The average Bonchev–Trinajstić information content (AvgIpc) is 2.47. The number of carbonyl (C=O) groups is 1. The number of anilines is 2. The molecule has 0 aliphatic rings. The zero-order valence-electron chi connectivity index (χ0n) is 13.3. The van der Waals surface area contributed by atoms with Gasteiger partial charge in [-0.15, -0.1) is 0 Å². The van der Waals surface area contributed by atoms with Crippen molar-refractivity contribution in [2.75, 3.05) is 50.6 Å². The molecule has 0 aliphatic heterocycles. The summed E-state index contributed by atoms with van der Waals surface area (Å²) in [4.78, 5) is 22.2. The molecule has 0 saturated carbocycles. The van der Waals surface area contributed by atoms with Crippen molar-refractivity contribution < 1.29 is 9.53 Å². The van der Waals surface area contributed by atoms with E-state index in [1.54, 1.807) is 7.11 Å². The lowest BCUT2D eigenvalue weighted by Crippen LogP contribution is -2.37. The fourth-order valence-corrected chi connectivity index (χ4v) is 2.02. The molecule has 0 saturated heterocycles. The van der Waals surface area contributed by atoms with Crippen LogP contribution in [0.1, 0.15) is 19.4 Å². The average molecular weight is 295 g/mol. The Kier molecular flexibility index (Phi) is 7.45. The van der Waals surface area contributed by atoms with Gasteiger partial charge in [0.25, 0.3) is 0 Å². The van der Waals surface area contributed by atoms with E-state index in [4.69, 9.17) is 4.74 Å². The second-order valence-electron chi connectivity index (χ2n) is 4.61. The first-order valence-electron chi connectivity index (χ1n) is 7.18. The minimum absolute atomic E-state index is 0.0554. The number of nitrogens with one attached hydrogen (secondary N) is 2. The predicted octanol–water partition coefficient (Wildman–Crippen LogP) is 0.670. The highest BCUT2D eigenvalue weighted by Gasteiger charge is 2.15. The van der Waals surface area contributed by atoms with Crippen molar-refractivity contribution in [1.82, 2.24) is 15.3 Å². The number of carbonyl (C=O) groups excluding carboxylic acids is 1. The highest BCUT2D eigenvalue weighted by molar-refractivity contribution is 5.81. The molecule has 1 amide bonds. The summed E-state index contributed by atoms with van der Waals surface area (Å²) in [6.45, 7) is 6.14. The molecule has 118 valence electrons. The Morgan fingerprint density at radius 2 is 2.14 bits per heavy atom. The highest BCUT2D eigenvalue weighted by atomic mass is 16.5. The molecular formula is C14H25N5O2. The summed E-state index contributed by atoms with van der Waals surface area (Å²) < 4.78 is 4.90. The van der Waals surface area contributed by atoms with Crippen LogP contribution >= 0.6 is 0 Å². The number of ether oxygens (including phenoxy) is 1. The molecule has 0 aromatic carbocycles. The van der Waals surface area contributed by atoms with Crippen molar-refractivity contribution >= 4 is 17.5 Å². The molecule has 1 heterocycles. The van der Waals surface area contributed by atoms with E-state index < -0.39 is 0 Å². The van der Waals surface area contributed by atoms with Crippen LogP contribution in [0.3, 0.4) is 0 Å². The van der Waals surface area contributed by atoms with Crippen molar-refractivity contribution in [2.45, 2.75) is 20.3 Å². The molecular weight excluding hydrogens is 270 g/mol. The van der Waals surface area contributed by atoms with E-state index >= 15 is 0 Å². The number of nitrogens with zero attached hydrogens (tertiary/aromatic N) is 3. The van der Waals surface area contributed by atoms with Crippen molar-refractivity contribution in [1.29, 1.82) is 0 Å². The van der Waals surface area contributed by atoms with Gasteiger partial charge in [0, 0.05) is 32.8 Å². The third-order valence-corrected chi connectivity index (χ3v) is 2.99. The molecule has 1 aromatic heterocycles. The molecule has 0 aliphatic carbocycles. The van der Waals surface area contributed by atoms with E-state index in [0.29, 0.717) is 13.2 Å². The smallest absolute Gasteiger partial charge is 0.239 e. The third kappa shape index (κ3) is 5.18. The van der Waals surface area contributed by atoms with E-state index in [2.05, 4.69) is 27.5 Å². The summed E-state index contributed by atoms with van der Waals surface area (Å²) in [7, 11) is 3.46. The normalized spacial score (nSPS) is 10.3. The van der Waals surface area contributed by atoms with Crippen molar-refractivity contribution in [3.8, 4) is 0 Å². The molecule has 1 rings (SSSR count). The Balaban J connectivity index is 2.75. The third-order valence-electron chi connectivity index (χ3n) is 2.99. The monoisotopic (exact) mass is 295 g/mol. The lowest BCUT2D eigenvalue weighted by atomic mass is 10.2. The second kappa shape index (κ2) is 9.12. The predicted molar refractivity (Wildman–Crippen MR) is 83.7 cm³/mol. The quantitative estimate of drug-likeness (QED) is 0.652. The lowest BCUT2D eigenvalue weighted by molar-refractivity contribution is -0.119. The minimum atomic E-state index is -0.0554. The van der Waals surface area contributed by atoms with Crippen LogP contribution in [0.2, 0.25) is 0 Å².